The fraction of sp³-hybridized carbons (Fsp3) is 0.0385. The van der Waals surface area contributed by atoms with Gasteiger partial charge in [0.15, 0.2) is 0 Å². The van der Waals surface area contributed by atoms with Gasteiger partial charge in [-0.2, -0.15) is 18.4 Å². The molecule has 0 aliphatic carbocycles. The lowest BCUT2D eigenvalue weighted by Gasteiger charge is -2.14. The molecule has 0 spiro atoms. The highest BCUT2D eigenvalue weighted by Crippen LogP contribution is 2.34. The van der Waals surface area contributed by atoms with E-state index < -0.39 is 11.7 Å². The number of anilines is 3. The quantitative estimate of drug-likeness (QED) is 0.301. The van der Waals surface area contributed by atoms with E-state index in [1.807, 2.05) is 0 Å². The van der Waals surface area contributed by atoms with Crippen LogP contribution in [0.15, 0.2) is 85.6 Å². The van der Waals surface area contributed by atoms with Crippen molar-refractivity contribution >= 4 is 33.9 Å². The molecule has 3 aromatic carbocycles. The first-order valence-electron chi connectivity index (χ1n) is 10.3. The third kappa shape index (κ3) is 5.39. The van der Waals surface area contributed by atoms with Crippen molar-refractivity contribution in [3.05, 3.63) is 96.7 Å². The van der Waals surface area contributed by atoms with E-state index in [1.54, 1.807) is 42.5 Å². The second kappa shape index (κ2) is 9.57. The van der Waals surface area contributed by atoms with Crippen molar-refractivity contribution in [2.75, 3.05) is 10.6 Å². The number of carbonyl (C=O) groups excluding carboxylic acids is 1. The Labute approximate surface area is 198 Å². The summed E-state index contributed by atoms with van der Waals surface area (Å²) < 4.78 is 44.3. The Morgan fingerprint density at radius 3 is 2.46 bits per heavy atom. The fourth-order valence-corrected chi connectivity index (χ4v) is 3.31. The van der Waals surface area contributed by atoms with Gasteiger partial charge in [0.1, 0.15) is 17.6 Å². The van der Waals surface area contributed by atoms with E-state index in [-0.39, 0.29) is 17.2 Å². The molecule has 2 N–H and O–H groups in total. The van der Waals surface area contributed by atoms with Crippen LogP contribution in [0.25, 0.3) is 10.9 Å². The lowest BCUT2D eigenvalue weighted by molar-refractivity contribution is -0.137. The molecule has 0 saturated carbocycles. The van der Waals surface area contributed by atoms with E-state index in [9.17, 15) is 23.2 Å². The van der Waals surface area contributed by atoms with E-state index in [0.717, 1.165) is 18.2 Å². The third-order valence-electron chi connectivity index (χ3n) is 4.96. The Bertz CT molecular complexity index is 1460. The maximum atomic E-state index is 12.9. The maximum absolute atomic E-state index is 12.9. The van der Waals surface area contributed by atoms with Crippen molar-refractivity contribution in [3.8, 4) is 17.6 Å². The average Bonchev–Trinajstić information content (AvgIpc) is 2.85. The number of aromatic nitrogens is 1. The fourth-order valence-electron chi connectivity index (χ4n) is 3.31. The summed E-state index contributed by atoms with van der Waals surface area (Å²) in [5.41, 5.74) is 1.68. The van der Waals surface area contributed by atoms with Crippen molar-refractivity contribution in [1.82, 2.24) is 4.98 Å². The summed E-state index contributed by atoms with van der Waals surface area (Å²) in [5.74, 6) is 0.0190. The van der Waals surface area contributed by atoms with Gasteiger partial charge in [0.25, 0.3) is 0 Å². The molecular weight excluding hydrogens is 457 g/mol. The van der Waals surface area contributed by atoms with Gasteiger partial charge < -0.3 is 15.4 Å². The minimum Gasteiger partial charge on any atom is -0.457 e. The van der Waals surface area contributed by atoms with Crippen molar-refractivity contribution in [1.29, 1.82) is 5.26 Å². The summed E-state index contributed by atoms with van der Waals surface area (Å²) in [6, 6.07) is 18.3. The number of nitrogens with one attached hydrogen (secondary N) is 2. The molecule has 1 amide bonds. The largest absolute Gasteiger partial charge is 0.457 e. The van der Waals surface area contributed by atoms with E-state index in [2.05, 4.69) is 28.3 Å². The molecule has 0 aliphatic heterocycles. The number of amides is 1. The average molecular weight is 474 g/mol. The van der Waals surface area contributed by atoms with Crippen LogP contribution in [0.1, 0.15) is 11.1 Å². The minimum absolute atomic E-state index is 0.0570. The minimum atomic E-state index is -4.47. The third-order valence-corrected chi connectivity index (χ3v) is 4.96. The lowest BCUT2D eigenvalue weighted by Crippen LogP contribution is -2.07. The standard InChI is InChI=1S/C26H17F3N4O2/c1-2-24(34)32-19-8-11-23-22(13-19)25(16(14-30)15-31-23)33-18-6-9-20(10-7-18)35-21-5-3-4-17(12-21)26(27,28)29/h2-13,15H,1H2,(H,31,33)(H,32,34). The molecule has 1 heterocycles. The molecule has 0 saturated heterocycles. The van der Waals surface area contributed by atoms with Crippen LogP contribution in [0.4, 0.5) is 30.2 Å². The summed E-state index contributed by atoms with van der Waals surface area (Å²) in [6.45, 7) is 3.43. The van der Waals surface area contributed by atoms with Crippen LogP contribution in [-0.4, -0.2) is 10.9 Å². The van der Waals surface area contributed by atoms with Gasteiger partial charge in [-0.15, -0.1) is 0 Å². The van der Waals surface area contributed by atoms with Crippen molar-refractivity contribution < 1.29 is 22.7 Å². The summed E-state index contributed by atoms with van der Waals surface area (Å²) in [5, 5.41) is 16.0. The molecule has 0 atom stereocenters. The van der Waals surface area contributed by atoms with Crippen molar-refractivity contribution in [3.63, 3.8) is 0 Å². The smallest absolute Gasteiger partial charge is 0.416 e. The number of hydrogen-bond acceptors (Lipinski definition) is 5. The van der Waals surface area contributed by atoms with Gasteiger partial charge in [-0.25, -0.2) is 0 Å². The van der Waals surface area contributed by atoms with E-state index >= 15 is 0 Å². The molecule has 4 aromatic rings. The van der Waals surface area contributed by atoms with E-state index in [1.165, 1.54) is 18.3 Å². The first-order chi connectivity index (χ1) is 16.8. The summed E-state index contributed by atoms with van der Waals surface area (Å²) in [7, 11) is 0. The molecular formula is C26H17F3N4O2. The highest BCUT2D eigenvalue weighted by atomic mass is 19.4. The molecule has 0 fully saturated rings. The molecule has 0 unspecified atom stereocenters. The molecule has 0 bridgehead atoms. The SMILES string of the molecule is C=CC(=O)Nc1ccc2ncc(C#N)c(Nc3ccc(Oc4cccc(C(F)(F)F)c4)cc3)c2c1. The molecule has 9 heteroatoms. The van der Waals surface area contributed by atoms with Crippen LogP contribution in [0.5, 0.6) is 11.5 Å². The van der Waals surface area contributed by atoms with Crippen LogP contribution in [0.2, 0.25) is 0 Å². The number of rotatable bonds is 6. The number of nitriles is 1. The molecule has 0 aliphatic rings. The highest BCUT2D eigenvalue weighted by Gasteiger charge is 2.30. The van der Waals surface area contributed by atoms with Gasteiger partial charge >= 0.3 is 6.18 Å². The Morgan fingerprint density at radius 2 is 1.77 bits per heavy atom. The lowest BCUT2D eigenvalue weighted by atomic mass is 10.1. The number of carbonyl (C=O) groups is 1. The highest BCUT2D eigenvalue weighted by molar-refractivity contribution is 6.02. The first-order valence-corrected chi connectivity index (χ1v) is 10.3. The number of halogens is 3. The second-order valence-corrected chi connectivity index (χ2v) is 7.36. The van der Waals surface area contributed by atoms with E-state index in [4.69, 9.17) is 4.74 Å². The van der Waals surface area contributed by atoms with Gasteiger partial charge in [-0.1, -0.05) is 12.6 Å². The van der Waals surface area contributed by atoms with Gasteiger partial charge in [0.2, 0.25) is 5.91 Å². The van der Waals surface area contributed by atoms with Gasteiger partial charge in [0, 0.05) is 23.0 Å². The molecule has 4 rings (SSSR count). The number of pyridine rings is 1. The van der Waals surface area contributed by atoms with Crippen LogP contribution in [-0.2, 0) is 11.0 Å². The molecule has 35 heavy (non-hydrogen) atoms. The Kier molecular flexibility index (Phi) is 6.38. The van der Waals surface area contributed by atoms with Crippen molar-refractivity contribution in [2.24, 2.45) is 0 Å². The number of benzene rings is 3. The van der Waals surface area contributed by atoms with Crippen molar-refractivity contribution in [2.45, 2.75) is 6.18 Å². The predicted octanol–water partition coefficient (Wildman–Crippen LogP) is 6.79. The molecule has 0 radical (unpaired) electrons. The molecule has 6 nitrogen and oxygen atoms in total. The van der Waals surface area contributed by atoms with E-state index in [0.29, 0.717) is 33.7 Å². The zero-order valence-electron chi connectivity index (χ0n) is 18.1. The second-order valence-electron chi connectivity index (χ2n) is 7.36. The number of hydrogen-bond donors (Lipinski definition) is 2. The number of ether oxygens (including phenoxy) is 1. The summed E-state index contributed by atoms with van der Waals surface area (Å²) in [4.78, 5) is 16.0. The predicted molar refractivity (Wildman–Crippen MR) is 127 cm³/mol. The zero-order chi connectivity index (χ0) is 25.0. The zero-order valence-corrected chi connectivity index (χ0v) is 18.1. The first kappa shape index (κ1) is 23.3. The maximum Gasteiger partial charge on any atom is 0.416 e. The van der Waals surface area contributed by atoms with Crippen LogP contribution in [0, 0.1) is 11.3 Å². The summed E-state index contributed by atoms with van der Waals surface area (Å²) >= 11 is 0. The Hall–Kier alpha value is -4.84. The normalized spacial score (nSPS) is 10.9. The van der Waals surface area contributed by atoms with Gasteiger partial charge in [0.05, 0.1) is 22.3 Å². The Balaban J connectivity index is 1.60. The van der Waals surface area contributed by atoms with Crippen LogP contribution >= 0.6 is 0 Å². The Morgan fingerprint density at radius 1 is 1.03 bits per heavy atom. The van der Waals surface area contributed by atoms with Crippen LogP contribution < -0.4 is 15.4 Å². The topological polar surface area (TPSA) is 87.0 Å². The number of nitrogens with zero attached hydrogens (tertiary/aromatic N) is 2. The molecule has 1 aromatic heterocycles. The monoisotopic (exact) mass is 474 g/mol. The van der Waals surface area contributed by atoms with Gasteiger partial charge in [-0.05, 0) is 66.7 Å². The number of alkyl halides is 3. The number of fused-ring (bicyclic) bond motifs is 1. The van der Waals surface area contributed by atoms with Gasteiger partial charge in [-0.3, -0.25) is 9.78 Å². The van der Waals surface area contributed by atoms with Crippen LogP contribution in [0.3, 0.4) is 0 Å². The summed E-state index contributed by atoms with van der Waals surface area (Å²) in [6.07, 6.45) is -1.87. The molecule has 174 valence electrons.